The van der Waals surface area contributed by atoms with Crippen molar-refractivity contribution < 1.29 is 18.0 Å². The third-order valence-electron chi connectivity index (χ3n) is 3.70. The second kappa shape index (κ2) is 7.25. The maximum absolute atomic E-state index is 13.5. The number of rotatable bonds is 5. The van der Waals surface area contributed by atoms with Gasteiger partial charge in [-0.15, -0.1) is 0 Å². The van der Waals surface area contributed by atoms with Crippen molar-refractivity contribution in [1.29, 1.82) is 0 Å². The highest BCUT2D eigenvalue weighted by molar-refractivity contribution is 5.90. The Morgan fingerprint density at radius 1 is 1.16 bits per heavy atom. The van der Waals surface area contributed by atoms with Crippen LogP contribution in [0, 0.1) is 18.6 Å². The molecule has 0 saturated carbocycles. The molecule has 2 aromatic carbocycles. The summed E-state index contributed by atoms with van der Waals surface area (Å²) in [6.07, 6.45) is 2.00. The van der Waals surface area contributed by atoms with Gasteiger partial charge in [-0.05, 0) is 48.9 Å². The standard InChI is InChI=1S/C19H16F2N2O2/c1-12-2-7-15(10-16(12)21)23-18(24)8-9-19-22-11-17(25-19)13-3-5-14(20)6-4-13/h2-7,10-11H,8-9H2,1H3,(H,23,24). The van der Waals surface area contributed by atoms with Crippen LogP contribution in [0.15, 0.2) is 53.1 Å². The minimum absolute atomic E-state index is 0.152. The molecule has 0 aliphatic heterocycles. The molecule has 0 unspecified atom stereocenters. The number of hydrogen-bond donors (Lipinski definition) is 1. The highest BCUT2D eigenvalue weighted by Crippen LogP contribution is 2.21. The highest BCUT2D eigenvalue weighted by atomic mass is 19.1. The third kappa shape index (κ3) is 4.29. The fourth-order valence-corrected chi connectivity index (χ4v) is 2.29. The van der Waals surface area contributed by atoms with E-state index < -0.39 is 0 Å². The maximum Gasteiger partial charge on any atom is 0.224 e. The van der Waals surface area contributed by atoms with Gasteiger partial charge in [0.1, 0.15) is 11.6 Å². The summed E-state index contributed by atoms with van der Waals surface area (Å²) in [6, 6.07) is 10.4. The van der Waals surface area contributed by atoms with Gasteiger partial charge in [0.15, 0.2) is 11.7 Å². The van der Waals surface area contributed by atoms with Crippen LogP contribution in [0.25, 0.3) is 11.3 Å². The summed E-state index contributed by atoms with van der Waals surface area (Å²) in [4.78, 5) is 16.1. The lowest BCUT2D eigenvalue weighted by Crippen LogP contribution is -2.12. The second-order valence-electron chi connectivity index (χ2n) is 5.64. The van der Waals surface area contributed by atoms with Crippen molar-refractivity contribution >= 4 is 11.6 Å². The van der Waals surface area contributed by atoms with Crippen molar-refractivity contribution in [2.24, 2.45) is 0 Å². The number of anilines is 1. The quantitative estimate of drug-likeness (QED) is 0.743. The summed E-state index contributed by atoms with van der Waals surface area (Å²) in [6.45, 7) is 1.65. The molecule has 0 bridgehead atoms. The van der Waals surface area contributed by atoms with E-state index in [1.165, 1.54) is 24.4 Å². The van der Waals surface area contributed by atoms with Crippen molar-refractivity contribution in [1.82, 2.24) is 4.98 Å². The van der Waals surface area contributed by atoms with E-state index in [1.54, 1.807) is 31.2 Å². The van der Waals surface area contributed by atoms with Gasteiger partial charge in [0.2, 0.25) is 5.91 Å². The molecule has 25 heavy (non-hydrogen) atoms. The smallest absolute Gasteiger partial charge is 0.224 e. The summed E-state index contributed by atoms with van der Waals surface area (Å²) < 4.78 is 32.0. The molecule has 1 heterocycles. The largest absolute Gasteiger partial charge is 0.441 e. The van der Waals surface area contributed by atoms with Crippen molar-refractivity contribution in [3.8, 4) is 11.3 Å². The Morgan fingerprint density at radius 2 is 1.92 bits per heavy atom. The number of amides is 1. The highest BCUT2D eigenvalue weighted by Gasteiger charge is 2.10. The number of halogens is 2. The molecule has 0 radical (unpaired) electrons. The lowest BCUT2D eigenvalue weighted by Gasteiger charge is -2.05. The lowest BCUT2D eigenvalue weighted by molar-refractivity contribution is -0.116. The first kappa shape index (κ1) is 16.8. The molecule has 6 heteroatoms. The van der Waals surface area contributed by atoms with Gasteiger partial charge in [-0.2, -0.15) is 0 Å². The molecule has 3 aromatic rings. The molecule has 0 aliphatic carbocycles. The molecule has 128 valence electrons. The van der Waals surface area contributed by atoms with Gasteiger partial charge in [-0.1, -0.05) is 6.07 Å². The summed E-state index contributed by atoms with van der Waals surface area (Å²) in [7, 11) is 0. The Balaban J connectivity index is 1.57. The van der Waals surface area contributed by atoms with Gasteiger partial charge in [0, 0.05) is 24.1 Å². The van der Waals surface area contributed by atoms with Crippen LogP contribution in [0.3, 0.4) is 0 Å². The zero-order valence-electron chi connectivity index (χ0n) is 13.6. The minimum atomic E-state index is -0.366. The maximum atomic E-state index is 13.5. The van der Waals surface area contributed by atoms with Crippen LogP contribution in [0.5, 0.6) is 0 Å². The van der Waals surface area contributed by atoms with E-state index >= 15 is 0 Å². The first-order valence-corrected chi connectivity index (χ1v) is 7.78. The number of oxazole rings is 1. The van der Waals surface area contributed by atoms with Gasteiger partial charge in [-0.25, -0.2) is 13.8 Å². The predicted molar refractivity (Wildman–Crippen MR) is 90.0 cm³/mol. The molecule has 1 N–H and O–H groups in total. The molecule has 1 amide bonds. The summed E-state index contributed by atoms with van der Waals surface area (Å²) >= 11 is 0. The van der Waals surface area contributed by atoms with Crippen LogP contribution in [0.2, 0.25) is 0 Å². The molecule has 0 saturated heterocycles. The number of carbonyl (C=O) groups excluding carboxylic acids is 1. The van der Waals surface area contributed by atoms with Crippen LogP contribution in [0.4, 0.5) is 14.5 Å². The molecule has 0 atom stereocenters. The summed E-state index contributed by atoms with van der Waals surface area (Å²) in [5.41, 5.74) is 1.64. The van der Waals surface area contributed by atoms with E-state index in [4.69, 9.17) is 4.42 Å². The molecule has 0 fully saturated rings. The van der Waals surface area contributed by atoms with E-state index in [0.29, 0.717) is 34.9 Å². The molecule has 4 nitrogen and oxygen atoms in total. The minimum Gasteiger partial charge on any atom is -0.441 e. The van der Waals surface area contributed by atoms with Crippen LogP contribution in [0.1, 0.15) is 17.9 Å². The van der Waals surface area contributed by atoms with E-state index in [-0.39, 0.29) is 24.0 Å². The molecule has 0 aliphatic rings. The Bertz CT molecular complexity index is 889. The normalized spacial score (nSPS) is 10.7. The van der Waals surface area contributed by atoms with E-state index in [0.717, 1.165) is 0 Å². The average molecular weight is 342 g/mol. The number of nitrogens with one attached hydrogen (secondary N) is 1. The molecular formula is C19H16F2N2O2. The fourth-order valence-electron chi connectivity index (χ4n) is 2.29. The lowest BCUT2D eigenvalue weighted by atomic mass is 10.2. The number of hydrogen-bond acceptors (Lipinski definition) is 3. The number of benzene rings is 2. The zero-order chi connectivity index (χ0) is 17.8. The Kier molecular flexibility index (Phi) is 4.88. The Hall–Kier alpha value is -3.02. The Labute approximate surface area is 143 Å². The number of aromatic nitrogens is 1. The number of aryl methyl sites for hydroxylation is 2. The molecule has 0 spiro atoms. The van der Waals surface area contributed by atoms with Crippen LogP contribution in [-0.4, -0.2) is 10.9 Å². The average Bonchev–Trinajstić information content (AvgIpc) is 3.06. The van der Waals surface area contributed by atoms with E-state index in [1.807, 2.05) is 0 Å². The molecule has 3 rings (SSSR count). The summed E-state index contributed by atoms with van der Waals surface area (Å²) in [5, 5.41) is 2.63. The monoisotopic (exact) mass is 342 g/mol. The number of carbonyl (C=O) groups is 1. The van der Waals surface area contributed by atoms with Crippen molar-refractivity contribution in [3.63, 3.8) is 0 Å². The van der Waals surface area contributed by atoms with Gasteiger partial charge in [-0.3, -0.25) is 4.79 Å². The van der Waals surface area contributed by atoms with Crippen LogP contribution in [-0.2, 0) is 11.2 Å². The predicted octanol–water partition coefficient (Wildman–Crippen LogP) is 4.50. The molecule has 1 aromatic heterocycles. The van der Waals surface area contributed by atoms with E-state index in [2.05, 4.69) is 10.3 Å². The Morgan fingerprint density at radius 3 is 2.64 bits per heavy atom. The number of nitrogens with zero attached hydrogens (tertiary/aromatic N) is 1. The van der Waals surface area contributed by atoms with Crippen LogP contribution >= 0.6 is 0 Å². The van der Waals surface area contributed by atoms with E-state index in [9.17, 15) is 13.6 Å². The van der Waals surface area contributed by atoms with Crippen LogP contribution < -0.4 is 5.32 Å². The van der Waals surface area contributed by atoms with Gasteiger partial charge >= 0.3 is 0 Å². The first-order valence-electron chi connectivity index (χ1n) is 7.78. The SMILES string of the molecule is Cc1ccc(NC(=O)CCc2ncc(-c3ccc(F)cc3)o2)cc1F. The van der Waals surface area contributed by atoms with Gasteiger partial charge in [0.05, 0.1) is 6.20 Å². The van der Waals surface area contributed by atoms with Gasteiger partial charge < -0.3 is 9.73 Å². The third-order valence-corrected chi connectivity index (χ3v) is 3.70. The van der Waals surface area contributed by atoms with Gasteiger partial charge in [0.25, 0.3) is 0 Å². The van der Waals surface area contributed by atoms with Crippen molar-refractivity contribution in [3.05, 3.63) is 71.8 Å². The van der Waals surface area contributed by atoms with Crippen molar-refractivity contribution in [2.75, 3.05) is 5.32 Å². The zero-order valence-corrected chi connectivity index (χ0v) is 13.6. The molecular weight excluding hydrogens is 326 g/mol. The first-order chi connectivity index (χ1) is 12.0. The topological polar surface area (TPSA) is 55.1 Å². The van der Waals surface area contributed by atoms with Crippen molar-refractivity contribution in [2.45, 2.75) is 19.8 Å². The summed E-state index contributed by atoms with van der Waals surface area (Å²) in [5.74, 6) is -0.0347. The fraction of sp³-hybridized carbons (Fsp3) is 0.158. The second-order valence-corrected chi connectivity index (χ2v) is 5.64.